The molecule has 1 heteroatoms. The third-order valence-electron chi connectivity index (χ3n) is 5.08. The van der Waals surface area contributed by atoms with Gasteiger partial charge < -0.3 is 4.74 Å². The van der Waals surface area contributed by atoms with Crippen LogP contribution in [0.4, 0.5) is 0 Å². The van der Waals surface area contributed by atoms with Gasteiger partial charge in [0.2, 0.25) is 0 Å². The Morgan fingerprint density at radius 2 is 1.19 bits per heavy atom. The van der Waals surface area contributed by atoms with E-state index in [1.807, 2.05) is 24.3 Å². The first-order valence-electron chi connectivity index (χ1n) is 11.8. The van der Waals surface area contributed by atoms with E-state index in [9.17, 15) is 0 Å². The molecule has 0 N–H and O–H groups in total. The van der Waals surface area contributed by atoms with E-state index in [0.29, 0.717) is 0 Å². The minimum Gasteiger partial charge on any atom is -0.494 e. The van der Waals surface area contributed by atoms with Crippen molar-refractivity contribution in [3.63, 3.8) is 0 Å². The molecule has 0 bridgehead atoms. The maximum atomic E-state index is 5.72. The van der Waals surface area contributed by atoms with E-state index in [1.165, 1.54) is 56.9 Å². The monoisotopic (exact) mass is 412 g/mol. The minimum atomic E-state index is 0.780. The Labute approximate surface area is 189 Å². The number of hydrogen-bond acceptors (Lipinski definition) is 1. The second-order valence-corrected chi connectivity index (χ2v) is 7.81. The van der Waals surface area contributed by atoms with Crippen molar-refractivity contribution in [3.8, 4) is 29.4 Å². The highest BCUT2D eigenvalue weighted by molar-refractivity contribution is 5.42. The van der Waals surface area contributed by atoms with Gasteiger partial charge in [-0.25, -0.2) is 0 Å². The van der Waals surface area contributed by atoms with E-state index in [-0.39, 0.29) is 0 Å². The van der Waals surface area contributed by atoms with Gasteiger partial charge in [0.15, 0.2) is 0 Å². The van der Waals surface area contributed by atoms with Crippen molar-refractivity contribution < 1.29 is 4.74 Å². The van der Waals surface area contributed by atoms with Crippen LogP contribution in [0.15, 0.2) is 60.7 Å². The molecule has 31 heavy (non-hydrogen) atoms. The lowest BCUT2D eigenvalue weighted by atomic mass is 10.0. The molecule has 0 amide bonds. The Morgan fingerprint density at radius 1 is 0.645 bits per heavy atom. The van der Waals surface area contributed by atoms with E-state index in [4.69, 9.17) is 4.74 Å². The van der Waals surface area contributed by atoms with Crippen molar-refractivity contribution in [1.82, 2.24) is 0 Å². The first-order chi connectivity index (χ1) is 15.3. The summed E-state index contributed by atoms with van der Waals surface area (Å²) in [7, 11) is 0. The fraction of sp³-hybridized carbons (Fsp3) is 0.400. The van der Waals surface area contributed by atoms with E-state index in [1.54, 1.807) is 12.2 Å². The average molecular weight is 413 g/mol. The van der Waals surface area contributed by atoms with Crippen LogP contribution in [0.1, 0.15) is 81.9 Å². The van der Waals surface area contributed by atoms with Gasteiger partial charge in [-0.1, -0.05) is 88.2 Å². The molecule has 0 fully saturated rings. The predicted octanol–water partition coefficient (Wildman–Crippen LogP) is 7.73. The van der Waals surface area contributed by atoms with Gasteiger partial charge in [-0.2, -0.15) is 0 Å². The summed E-state index contributed by atoms with van der Waals surface area (Å²) in [5.74, 6) is 13.3. The second-order valence-electron chi connectivity index (χ2n) is 7.81. The van der Waals surface area contributed by atoms with Crippen molar-refractivity contribution in [1.29, 1.82) is 0 Å². The van der Waals surface area contributed by atoms with Gasteiger partial charge in [-0.3, -0.25) is 0 Å². The highest BCUT2D eigenvalue weighted by Crippen LogP contribution is 2.12. The number of allylic oxidation sites excluding steroid dienone is 2. The fourth-order valence-corrected chi connectivity index (χ4v) is 3.20. The predicted molar refractivity (Wildman–Crippen MR) is 133 cm³/mol. The Bertz CT molecular complexity index is 880. The fourth-order valence-electron chi connectivity index (χ4n) is 3.20. The molecule has 0 atom stereocenters. The van der Waals surface area contributed by atoms with Gasteiger partial charge in [0.25, 0.3) is 0 Å². The van der Waals surface area contributed by atoms with Crippen LogP contribution in [0.5, 0.6) is 5.75 Å². The van der Waals surface area contributed by atoms with E-state index in [2.05, 4.69) is 61.8 Å². The summed E-state index contributed by atoms with van der Waals surface area (Å²) in [5, 5.41) is 0. The highest BCUT2D eigenvalue weighted by Gasteiger charge is 1.95. The summed E-state index contributed by atoms with van der Waals surface area (Å²) in [6, 6.07) is 16.6. The molecule has 0 radical (unpaired) electrons. The third kappa shape index (κ3) is 11.2. The van der Waals surface area contributed by atoms with Gasteiger partial charge >= 0.3 is 0 Å². The summed E-state index contributed by atoms with van der Waals surface area (Å²) in [4.78, 5) is 0. The first-order valence-corrected chi connectivity index (χ1v) is 11.8. The van der Waals surface area contributed by atoms with Crippen LogP contribution in [0.3, 0.4) is 0 Å². The number of benzene rings is 2. The van der Waals surface area contributed by atoms with Crippen LogP contribution in [0, 0.1) is 23.7 Å². The van der Waals surface area contributed by atoms with Crippen molar-refractivity contribution in [2.75, 3.05) is 6.61 Å². The summed E-state index contributed by atoms with van der Waals surface area (Å²) in [6.45, 7) is 5.23. The lowest BCUT2D eigenvalue weighted by molar-refractivity contribution is 0.306. The minimum absolute atomic E-state index is 0.780. The molecule has 2 rings (SSSR count). The summed E-state index contributed by atoms with van der Waals surface area (Å²) in [6.07, 6.45) is 14.9. The van der Waals surface area contributed by atoms with Crippen molar-refractivity contribution in [2.45, 2.75) is 71.6 Å². The molecule has 0 heterocycles. The van der Waals surface area contributed by atoms with Gasteiger partial charge in [0, 0.05) is 11.1 Å². The highest BCUT2D eigenvalue weighted by atomic mass is 16.5. The molecule has 0 aliphatic carbocycles. The maximum absolute atomic E-state index is 5.72. The van der Waals surface area contributed by atoms with E-state index in [0.717, 1.165) is 29.9 Å². The average Bonchev–Trinajstić information content (AvgIpc) is 2.80. The maximum Gasteiger partial charge on any atom is 0.119 e. The summed E-state index contributed by atoms with van der Waals surface area (Å²) < 4.78 is 5.72. The summed E-state index contributed by atoms with van der Waals surface area (Å²) in [5.41, 5.74) is 3.42. The van der Waals surface area contributed by atoms with Crippen LogP contribution < -0.4 is 4.74 Å². The SMILES string of the molecule is CCCCCCCc1ccc(C#C/C=C/C#Cc2ccc(OCCCCC)cc2)cc1. The van der Waals surface area contributed by atoms with Gasteiger partial charge in [-0.15, -0.1) is 0 Å². The standard InChI is InChI=1S/C30H36O/c1-3-5-7-8-11-15-27-18-20-28(21-19-27)16-12-9-10-13-17-29-22-24-30(25-23-29)31-26-14-6-4-2/h9-10,18-25H,3-8,11,14-15,26H2,1-2H3/b10-9+. The largest absolute Gasteiger partial charge is 0.494 e. The Balaban J connectivity index is 1.73. The number of ether oxygens (including phenoxy) is 1. The van der Waals surface area contributed by atoms with Crippen molar-refractivity contribution in [2.24, 2.45) is 0 Å². The van der Waals surface area contributed by atoms with Crippen LogP contribution in [0.25, 0.3) is 0 Å². The lowest BCUT2D eigenvalue weighted by Crippen LogP contribution is -1.96. The Morgan fingerprint density at radius 3 is 1.81 bits per heavy atom. The van der Waals surface area contributed by atoms with Gasteiger partial charge in [-0.05, 0) is 73.4 Å². The zero-order valence-electron chi connectivity index (χ0n) is 19.3. The van der Waals surface area contributed by atoms with Crippen LogP contribution >= 0.6 is 0 Å². The molecule has 2 aromatic rings. The molecule has 0 saturated carbocycles. The van der Waals surface area contributed by atoms with Crippen LogP contribution in [-0.2, 0) is 6.42 Å². The first kappa shape index (κ1) is 24.4. The topological polar surface area (TPSA) is 9.23 Å². The number of hydrogen-bond donors (Lipinski definition) is 0. The summed E-state index contributed by atoms with van der Waals surface area (Å²) >= 11 is 0. The molecule has 1 nitrogen and oxygen atoms in total. The Kier molecular flexibility index (Phi) is 12.5. The molecule has 2 aromatic carbocycles. The molecule has 0 aromatic heterocycles. The normalized spacial score (nSPS) is 10.3. The molecule has 0 unspecified atom stereocenters. The quantitative estimate of drug-likeness (QED) is 0.271. The lowest BCUT2D eigenvalue weighted by Gasteiger charge is -2.05. The van der Waals surface area contributed by atoms with Gasteiger partial charge in [0.05, 0.1) is 6.61 Å². The Hall–Kier alpha value is -2.90. The molecule has 0 aliphatic rings. The molecule has 0 aliphatic heterocycles. The molecular weight excluding hydrogens is 376 g/mol. The molecule has 0 saturated heterocycles. The number of aryl methyl sites for hydroxylation is 1. The third-order valence-corrected chi connectivity index (χ3v) is 5.08. The number of rotatable bonds is 11. The zero-order valence-corrected chi connectivity index (χ0v) is 19.3. The second kappa shape index (κ2) is 15.9. The van der Waals surface area contributed by atoms with E-state index < -0.39 is 0 Å². The van der Waals surface area contributed by atoms with Crippen LogP contribution in [0.2, 0.25) is 0 Å². The van der Waals surface area contributed by atoms with Crippen molar-refractivity contribution >= 4 is 0 Å². The van der Waals surface area contributed by atoms with Crippen molar-refractivity contribution in [3.05, 3.63) is 77.4 Å². The molecule has 0 spiro atoms. The smallest absolute Gasteiger partial charge is 0.119 e. The molecule has 162 valence electrons. The zero-order chi connectivity index (χ0) is 22.0. The number of unbranched alkanes of at least 4 members (excludes halogenated alkanes) is 6. The van der Waals surface area contributed by atoms with E-state index >= 15 is 0 Å². The van der Waals surface area contributed by atoms with Gasteiger partial charge in [0.1, 0.15) is 5.75 Å². The molecular formula is C30H36O. The van der Waals surface area contributed by atoms with Crippen LogP contribution in [-0.4, -0.2) is 6.61 Å².